The Bertz CT molecular complexity index is 450. The molecule has 2 N–H and O–H groups in total. The van der Waals surface area contributed by atoms with E-state index in [1.165, 1.54) is 0 Å². The molecule has 0 saturated carbocycles. The van der Waals surface area contributed by atoms with Crippen molar-refractivity contribution in [2.75, 3.05) is 26.7 Å². The molecular formula is C16H27ClN2O2. The van der Waals surface area contributed by atoms with Crippen LogP contribution in [0.3, 0.4) is 0 Å². The van der Waals surface area contributed by atoms with Gasteiger partial charge in [-0.2, -0.15) is 0 Å². The second kappa shape index (κ2) is 8.90. The number of rotatable bonds is 7. The van der Waals surface area contributed by atoms with Gasteiger partial charge in [-0.25, -0.2) is 0 Å². The average Bonchev–Trinajstić information content (AvgIpc) is 2.44. The second-order valence-electron chi connectivity index (χ2n) is 5.87. The van der Waals surface area contributed by atoms with E-state index in [1.54, 1.807) is 11.9 Å². The molecule has 0 fully saturated rings. The quantitative estimate of drug-likeness (QED) is 0.841. The Balaban J connectivity index is 0.00000400. The summed E-state index contributed by atoms with van der Waals surface area (Å²) >= 11 is 0. The lowest BCUT2D eigenvalue weighted by molar-refractivity contribution is -0.133. The summed E-state index contributed by atoms with van der Waals surface area (Å²) in [5.41, 5.74) is 6.73. The zero-order valence-electron chi connectivity index (χ0n) is 13.4. The van der Waals surface area contributed by atoms with Crippen LogP contribution in [0.1, 0.15) is 26.3 Å². The summed E-state index contributed by atoms with van der Waals surface area (Å²) in [5, 5.41) is 0. The number of carbonyl (C=O) groups is 1. The molecule has 0 bridgehead atoms. The number of nitrogens with zero attached hydrogens (tertiary/aromatic N) is 1. The molecule has 0 radical (unpaired) electrons. The summed E-state index contributed by atoms with van der Waals surface area (Å²) in [4.78, 5) is 13.8. The molecular weight excluding hydrogens is 288 g/mol. The minimum atomic E-state index is -0.0776. The van der Waals surface area contributed by atoms with Crippen molar-refractivity contribution in [2.24, 2.45) is 11.1 Å². The van der Waals surface area contributed by atoms with Crippen LogP contribution in [-0.2, 0) is 11.2 Å². The molecule has 0 aromatic heterocycles. The summed E-state index contributed by atoms with van der Waals surface area (Å²) in [6.07, 6.45) is 0.889. The molecule has 120 valence electrons. The van der Waals surface area contributed by atoms with Crippen LogP contribution in [0, 0.1) is 5.41 Å². The molecule has 0 heterocycles. The first-order chi connectivity index (χ1) is 9.39. The van der Waals surface area contributed by atoms with Crippen molar-refractivity contribution in [2.45, 2.75) is 27.2 Å². The molecule has 0 spiro atoms. The minimum absolute atomic E-state index is 0. The lowest BCUT2D eigenvalue weighted by atomic mass is 9.93. The molecule has 5 heteroatoms. The lowest BCUT2D eigenvalue weighted by Gasteiger charge is -2.29. The van der Waals surface area contributed by atoms with Gasteiger partial charge in [0.25, 0.3) is 5.91 Å². The SMILES string of the molecule is CCc1ccccc1OCC(=O)N(C)CC(C)(C)CN.Cl. The number of hydrogen-bond donors (Lipinski definition) is 1. The monoisotopic (exact) mass is 314 g/mol. The molecule has 0 aliphatic heterocycles. The van der Waals surface area contributed by atoms with E-state index in [0.717, 1.165) is 17.7 Å². The van der Waals surface area contributed by atoms with Crippen molar-refractivity contribution in [1.82, 2.24) is 4.90 Å². The van der Waals surface area contributed by atoms with Crippen LogP contribution in [0.5, 0.6) is 5.75 Å². The average molecular weight is 315 g/mol. The third-order valence-corrected chi connectivity index (χ3v) is 3.35. The van der Waals surface area contributed by atoms with Crippen LogP contribution in [0.25, 0.3) is 0 Å². The number of amides is 1. The van der Waals surface area contributed by atoms with Crippen molar-refractivity contribution in [1.29, 1.82) is 0 Å². The Kier molecular flexibility index (Phi) is 8.37. The maximum atomic E-state index is 12.1. The Morgan fingerprint density at radius 1 is 1.33 bits per heavy atom. The fourth-order valence-corrected chi connectivity index (χ4v) is 1.98. The lowest BCUT2D eigenvalue weighted by Crippen LogP contribution is -2.41. The number of ether oxygens (including phenoxy) is 1. The summed E-state index contributed by atoms with van der Waals surface area (Å²) in [7, 11) is 1.79. The fraction of sp³-hybridized carbons (Fsp3) is 0.562. The number of carbonyl (C=O) groups excluding carboxylic acids is 1. The summed E-state index contributed by atoms with van der Waals surface area (Å²) in [5.74, 6) is 0.757. The maximum absolute atomic E-state index is 12.1. The first-order valence-electron chi connectivity index (χ1n) is 7.04. The van der Waals surface area contributed by atoms with Crippen molar-refractivity contribution >= 4 is 18.3 Å². The Morgan fingerprint density at radius 2 is 1.95 bits per heavy atom. The standard InChI is InChI=1S/C16H26N2O2.ClH/c1-5-13-8-6-7-9-14(13)20-10-15(19)18(4)12-16(2,3)11-17;/h6-9H,5,10-12,17H2,1-4H3;1H. The van der Waals surface area contributed by atoms with E-state index in [0.29, 0.717) is 13.1 Å². The number of para-hydroxylation sites is 1. The van der Waals surface area contributed by atoms with Crippen molar-refractivity contribution in [3.63, 3.8) is 0 Å². The fourth-order valence-electron chi connectivity index (χ4n) is 1.98. The molecule has 0 atom stereocenters. The second-order valence-corrected chi connectivity index (χ2v) is 5.87. The Morgan fingerprint density at radius 3 is 2.52 bits per heavy atom. The molecule has 1 amide bonds. The van der Waals surface area contributed by atoms with Gasteiger partial charge in [0.1, 0.15) is 5.75 Å². The number of aryl methyl sites for hydroxylation is 1. The normalized spacial score (nSPS) is 10.7. The molecule has 1 aromatic carbocycles. The summed E-state index contributed by atoms with van der Waals surface area (Å²) in [6, 6.07) is 7.81. The van der Waals surface area contributed by atoms with Crippen LogP contribution in [-0.4, -0.2) is 37.6 Å². The van der Waals surface area contributed by atoms with Gasteiger partial charge >= 0.3 is 0 Å². The van der Waals surface area contributed by atoms with E-state index < -0.39 is 0 Å². The van der Waals surface area contributed by atoms with Gasteiger partial charge in [0.05, 0.1) is 0 Å². The van der Waals surface area contributed by atoms with Crippen LogP contribution in [0.4, 0.5) is 0 Å². The summed E-state index contributed by atoms with van der Waals surface area (Å²) < 4.78 is 5.64. The maximum Gasteiger partial charge on any atom is 0.260 e. The van der Waals surface area contributed by atoms with E-state index in [4.69, 9.17) is 10.5 Å². The van der Waals surface area contributed by atoms with E-state index >= 15 is 0 Å². The largest absolute Gasteiger partial charge is 0.483 e. The Hall–Kier alpha value is -1.26. The van der Waals surface area contributed by atoms with Crippen molar-refractivity contribution in [3.8, 4) is 5.75 Å². The molecule has 0 aliphatic carbocycles. The number of likely N-dealkylation sites (N-methyl/N-ethyl adjacent to an activating group) is 1. The number of hydrogen-bond acceptors (Lipinski definition) is 3. The van der Waals surface area contributed by atoms with Gasteiger partial charge in [-0.3, -0.25) is 4.79 Å². The van der Waals surface area contributed by atoms with Crippen molar-refractivity contribution in [3.05, 3.63) is 29.8 Å². The van der Waals surface area contributed by atoms with Gasteiger partial charge < -0.3 is 15.4 Å². The molecule has 1 aromatic rings. The van der Waals surface area contributed by atoms with Crippen molar-refractivity contribution < 1.29 is 9.53 Å². The predicted octanol–water partition coefficient (Wildman–Crippen LogP) is 2.49. The summed E-state index contributed by atoms with van der Waals surface area (Å²) in [6.45, 7) is 7.40. The third kappa shape index (κ3) is 6.36. The molecule has 0 saturated heterocycles. The zero-order chi connectivity index (χ0) is 15.2. The first-order valence-corrected chi connectivity index (χ1v) is 7.04. The smallest absolute Gasteiger partial charge is 0.260 e. The number of halogens is 1. The molecule has 21 heavy (non-hydrogen) atoms. The first kappa shape index (κ1) is 19.7. The molecule has 0 aliphatic rings. The van der Waals surface area contributed by atoms with Crippen LogP contribution < -0.4 is 10.5 Å². The molecule has 4 nitrogen and oxygen atoms in total. The zero-order valence-corrected chi connectivity index (χ0v) is 14.2. The van der Waals surface area contributed by atoms with Crippen LogP contribution >= 0.6 is 12.4 Å². The van der Waals surface area contributed by atoms with Gasteiger partial charge in [-0.05, 0) is 30.0 Å². The van der Waals surface area contributed by atoms with Gasteiger partial charge in [0.15, 0.2) is 6.61 Å². The van der Waals surface area contributed by atoms with Gasteiger partial charge in [0, 0.05) is 13.6 Å². The molecule has 1 rings (SSSR count). The predicted molar refractivity (Wildman–Crippen MR) is 89.0 cm³/mol. The highest BCUT2D eigenvalue weighted by molar-refractivity contribution is 5.85. The van der Waals surface area contributed by atoms with Crippen LogP contribution in [0.15, 0.2) is 24.3 Å². The topological polar surface area (TPSA) is 55.6 Å². The highest BCUT2D eigenvalue weighted by atomic mass is 35.5. The third-order valence-electron chi connectivity index (χ3n) is 3.35. The van der Waals surface area contributed by atoms with Gasteiger partial charge in [-0.1, -0.05) is 39.0 Å². The van der Waals surface area contributed by atoms with E-state index in [1.807, 2.05) is 38.1 Å². The van der Waals surface area contributed by atoms with E-state index in [9.17, 15) is 4.79 Å². The number of benzene rings is 1. The molecule has 0 unspecified atom stereocenters. The minimum Gasteiger partial charge on any atom is -0.483 e. The van der Waals surface area contributed by atoms with E-state index in [-0.39, 0.29) is 30.3 Å². The van der Waals surface area contributed by atoms with Gasteiger partial charge in [0.2, 0.25) is 0 Å². The van der Waals surface area contributed by atoms with Gasteiger partial charge in [-0.15, -0.1) is 12.4 Å². The highest BCUT2D eigenvalue weighted by Crippen LogP contribution is 2.18. The highest BCUT2D eigenvalue weighted by Gasteiger charge is 2.21. The van der Waals surface area contributed by atoms with Crippen LogP contribution in [0.2, 0.25) is 0 Å². The van der Waals surface area contributed by atoms with E-state index in [2.05, 4.69) is 6.92 Å². The number of nitrogens with two attached hydrogens (primary N) is 1. The Labute approximate surface area is 134 Å².